The van der Waals surface area contributed by atoms with Gasteiger partial charge in [-0.2, -0.15) is 0 Å². The molecular formula is C45H29N3O. The molecule has 0 aliphatic carbocycles. The van der Waals surface area contributed by atoms with Gasteiger partial charge in [0.25, 0.3) is 0 Å². The molecule has 10 aromatic rings. The monoisotopic (exact) mass is 627 g/mol. The van der Waals surface area contributed by atoms with Crippen LogP contribution in [0.3, 0.4) is 0 Å². The van der Waals surface area contributed by atoms with Gasteiger partial charge in [-0.05, 0) is 77.2 Å². The molecule has 0 bridgehead atoms. The highest BCUT2D eigenvalue weighted by Gasteiger charge is 2.20. The van der Waals surface area contributed by atoms with Gasteiger partial charge < -0.3 is 13.9 Å². The van der Waals surface area contributed by atoms with Crippen LogP contribution in [0.2, 0.25) is 0 Å². The van der Waals surface area contributed by atoms with Crippen LogP contribution in [0.1, 0.15) is 0 Å². The van der Waals surface area contributed by atoms with Crippen molar-refractivity contribution in [2.24, 2.45) is 0 Å². The number of hydrogen-bond donors (Lipinski definition) is 0. The minimum Gasteiger partial charge on any atom is -0.454 e. The van der Waals surface area contributed by atoms with Crippen molar-refractivity contribution in [1.29, 1.82) is 0 Å². The number of fused-ring (bicyclic) bond motifs is 7. The molecular weight excluding hydrogens is 599 g/mol. The molecule has 3 heterocycles. The van der Waals surface area contributed by atoms with Crippen LogP contribution in [-0.2, 0) is 0 Å². The van der Waals surface area contributed by atoms with Crippen LogP contribution in [0.25, 0.3) is 71.3 Å². The second-order valence-electron chi connectivity index (χ2n) is 12.4. The average Bonchev–Trinajstić information content (AvgIpc) is 3.72. The van der Waals surface area contributed by atoms with E-state index in [9.17, 15) is 0 Å². The largest absolute Gasteiger partial charge is 0.454 e. The van der Waals surface area contributed by atoms with Gasteiger partial charge in [-0.1, -0.05) is 103 Å². The Hall–Kier alpha value is -6.65. The molecule has 230 valence electrons. The van der Waals surface area contributed by atoms with Crippen LogP contribution in [-0.4, -0.2) is 9.55 Å². The molecule has 0 amide bonds. The molecule has 0 N–H and O–H groups in total. The smallest absolute Gasteiger partial charge is 0.159 e. The third kappa shape index (κ3) is 4.35. The van der Waals surface area contributed by atoms with Crippen molar-refractivity contribution in [2.45, 2.75) is 0 Å². The lowest BCUT2D eigenvalue weighted by molar-refractivity contribution is 0.668. The quantitative estimate of drug-likeness (QED) is 0.190. The van der Waals surface area contributed by atoms with E-state index in [0.717, 1.165) is 44.6 Å². The zero-order chi connectivity index (χ0) is 32.3. The number of rotatable bonds is 5. The summed E-state index contributed by atoms with van der Waals surface area (Å²) in [5.74, 6) is 0. The molecule has 3 aromatic heterocycles. The van der Waals surface area contributed by atoms with E-state index in [2.05, 4.69) is 166 Å². The summed E-state index contributed by atoms with van der Waals surface area (Å²) in [5.41, 5.74) is 10.6. The number of para-hydroxylation sites is 4. The highest BCUT2D eigenvalue weighted by atomic mass is 16.3. The predicted molar refractivity (Wildman–Crippen MR) is 203 cm³/mol. The van der Waals surface area contributed by atoms with Crippen LogP contribution in [0.5, 0.6) is 0 Å². The van der Waals surface area contributed by atoms with E-state index in [1.165, 1.54) is 43.8 Å². The maximum absolute atomic E-state index is 6.47. The average molecular weight is 628 g/mol. The highest BCUT2D eigenvalue weighted by Crippen LogP contribution is 2.43. The summed E-state index contributed by atoms with van der Waals surface area (Å²) in [6.45, 7) is 0. The second-order valence-corrected chi connectivity index (χ2v) is 12.4. The maximum atomic E-state index is 6.47. The first-order valence-corrected chi connectivity index (χ1v) is 16.5. The SMILES string of the molecule is c1ccc(N(c2ccc(-c3cc(-n4c5ccccc5c5ccccc54)c4ccccc4c3)cc2)c2cccc3c2oc2ccncc23)cc1. The van der Waals surface area contributed by atoms with Crippen LogP contribution >= 0.6 is 0 Å². The molecule has 0 saturated heterocycles. The first-order valence-electron chi connectivity index (χ1n) is 16.5. The first kappa shape index (κ1) is 27.5. The Morgan fingerprint density at radius 3 is 1.92 bits per heavy atom. The van der Waals surface area contributed by atoms with Crippen molar-refractivity contribution >= 4 is 71.6 Å². The Balaban J connectivity index is 1.14. The van der Waals surface area contributed by atoms with Crippen molar-refractivity contribution in [2.75, 3.05) is 4.90 Å². The van der Waals surface area contributed by atoms with Gasteiger partial charge in [0.2, 0.25) is 0 Å². The summed E-state index contributed by atoms with van der Waals surface area (Å²) < 4.78 is 8.89. The number of anilines is 3. The van der Waals surface area contributed by atoms with E-state index in [0.29, 0.717) is 0 Å². The van der Waals surface area contributed by atoms with Crippen LogP contribution in [0.4, 0.5) is 17.1 Å². The first-order chi connectivity index (χ1) is 24.3. The van der Waals surface area contributed by atoms with E-state index in [1.807, 2.05) is 18.3 Å². The lowest BCUT2D eigenvalue weighted by Crippen LogP contribution is -2.10. The summed E-state index contributed by atoms with van der Waals surface area (Å²) in [6, 6.07) is 58.3. The zero-order valence-corrected chi connectivity index (χ0v) is 26.5. The Morgan fingerprint density at radius 2 is 1.14 bits per heavy atom. The van der Waals surface area contributed by atoms with Gasteiger partial charge in [0, 0.05) is 50.7 Å². The summed E-state index contributed by atoms with van der Waals surface area (Å²) >= 11 is 0. The second kappa shape index (κ2) is 11.0. The van der Waals surface area contributed by atoms with Gasteiger partial charge in [-0.15, -0.1) is 0 Å². The van der Waals surface area contributed by atoms with Gasteiger partial charge >= 0.3 is 0 Å². The van der Waals surface area contributed by atoms with E-state index in [4.69, 9.17) is 4.42 Å². The number of pyridine rings is 1. The topological polar surface area (TPSA) is 34.2 Å². The third-order valence-corrected chi connectivity index (χ3v) is 9.65. The normalized spacial score (nSPS) is 11.7. The van der Waals surface area contributed by atoms with Crippen molar-refractivity contribution in [1.82, 2.24) is 9.55 Å². The molecule has 0 spiro atoms. The number of benzene rings is 7. The molecule has 0 aliphatic heterocycles. The van der Waals surface area contributed by atoms with E-state index >= 15 is 0 Å². The minimum absolute atomic E-state index is 0.830. The molecule has 4 heteroatoms. The molecule has 49 heavy (non-hydrogen) atoms. The van der Waals surface area contributed by atoms with Crippen molar-refractivity contribution in [3.63, 3.8) is 0 Å². The standard InChI is InChI=1S/C45H29N3O/c1-2-12-33(13-3-1)47(42-20-10-17-38-39-29-46-26-25-44(39)49-45(38)42)34-23-21-30(22-24-34)32-27-31-11-4-5-14-35(31)43(28-32)48-40-18-8-6-15-36(40)37-16-7-9-19-41(37)48/h1-29H. The van der Waals surface area contributed by atoms with Crippen molar-refractivity contribution < 1.29 is 4.42 Å². The Kier molecular flexibility index (Phi) is 6.15. The fourth-order valence-corrected chi connectivity index (χ4v) is 7.43. The van der Waals surface area contributed by atoms with Gasteiger partial charge in [-0.25, -0.2) is 0 Å². The Bertz CT molecular complexity index is 2780. The molecule has 4 nitrogen and oxygen atoms in total. The number of hydrogen-bond acceptors (Lipinski definition) is 3. The van der Waals surface area contributed by atoms with Crippen LogP contribution in [0.15, 0.2) is 181 Å². The summed E-state index contributed by atoms with van der Waals surface area (Å²) in [5, 5.41) is 7.00. The molecule has 0 saturated carbocycles. The molecule has 0 aliphatic rings. The number of nitrogens with zero attached hydrogens (tertiary/aromatic N) is 3. The van der Waals surface area contributed by atoms with Crippen LogP contribution in [0, 0.1) is 0 Å². The van der Waals surface area contributed by atoms with Gasteiger partial charge in [0.05, 0.1) is 22.4 Å². The molecule has 10 rings (SSSR count). The molecule has 0 atom stereocenters. The molecule has 0 unspecified atom stereocenters. The lowest BCUT2D eigenvalue weighted by Gasteiger charge is -2.25. The molecule has 7 aromatic carbocycles. The van der Waals surface area contributed by atoms with Gasteiger partial charge in [0.1, 0.15) is 5.58 Å². The third-order valence-electron chi connectivity index (χ3n) is 9.65. The van der Waals surface area contributed by atoms with E-state index in [-0.39, 0.29) is 0 Å². The number of aromatic nitrogens is 2. The van der Waals surface area contributed by atoms with Crippen molar-refractivity contribution in [3.8, 4) is 16.8 Å². The zero-order valence-electron chi connectivity index (χ0n) is 26.5. The summed E-state index contributed by atoms with van der Waals surface area (Å²) in [6.07, 6.45) is 3.65. The molecule has 0 fully saturated rings. The van der Waals surface area contributed by atoms with E-state index in [1.54, 1.807) is 6.20 Å². The maximum Gasteiger partial charge on any atom is 0.159 e. The lowest BCUT2D eigenvalue weighted by atomic mass is 9.99. The summed E-state index contributed by atoms with van der Waals surface area (Å²) in [7, 11) is 0. The highest BCUT2D eigenvalue weighted by molar-refractivity contribution is 6.11. The fraction of sp³-hybridized carbons (Fsp3) is 0. The van der Waals surface area contributed by atoms with Gasteiger partial charge in [0.15, 0.2) is 5.58 Å². The number of furan rings is 1. The van der Waals surface area contributed by atoms with E-state index < -0.39 is 0 Å². The predicted octanol–water partition coefficient (Wildman–Crippen LogP) is 12.4. The minimum atomic E-state index is 0.830. The van der Waals surface area contributed by atoms with Crippen molar-refractivity contribution in [3.05, 3.63) is 176 Å². The Morgan fingerprint density at radius 1 is 0.490 bits per heavy atom. The molecule has 0 radical (unpaired) electrons. The Labute approximate surface area is 282 Å². The van der Waals surface area contributed by atoms with Gasteiger partial charge in [-0.3, -0.25) is 4.98 Å². The summed E-state index contributed by atoms with van der Waals surface area (Å²) in [4.78, 5) is 6.63. The van der Waals surface area contributed by atoms with Crippen LogP contribution < -0.4 is 4.90 Å². The fourth-order valence-electron chi connectivity index (χ4n) is 7.43.